The van der Waals surface area contributed by atoms with Gasteiger partial charge in [0.2, 0.25) is 0 Å². The highest BCUT2D eigenvalue weighted by atomic mass is 31.2. The minimum atomic E-state index is -4.67. The fourth-order valence-electron chi connectivity index (χ4n) is 5.92. The molecule has 0 rings (SSSR count). The summed E-state index contributed by atoms with van der Waals surface area (Å²) in [4.78, 5) is 35.1. The smallest absolute Gasteiger partial charge is 0.462 e. The molecule has 0 fully saturated rings. The first-order chi connectivity index (χ1) is 29.4. The van der Waals surface area contributed by atoms with E-state index >= 15 is 0 Å². The van der Waals surface area contributed by atoms with Gasteiger partial charge in [-0.1, -0.05) is 184 Å². The summed E-state index contributed by atoms with van der Waals surface area (Å²) in [5.74, 6) is -0.301. The predicted molar refractivity (Wildman–Crippen MR) is 245 cm³/mol. The Morgan fingerprint density at radius 1 is 0.623 bits per heavy atom. The van der Waals surface area contributed by atoms with Gasteiger partial charge in [0.1, 0.15) is 12.7 Å². The van der Waals surface area contributed by atoms with Crippen molar-refractivity contribution in [1.82, 2.24) is 0 Å². The SMILES string of the molecule is CC/C=C\C[C@@H](O)/C=C/C=C\C/C=C\C=C\[C@@H](O)/C=C\CCCC(=O)OC[C@H](COP(=O)(O)OC[C@@H](O)CO)OC(=O)CCCCCCCCCCCCCCCCC(C)C. The molecular weight excluding hydrogens is 799 g/mol. The maximum absolute atomic E-state index is 12.6. The number of carbonyl (C=O) groups excluding carboxylic acids is 2. The molecule has 0 aliphatic rings. The van der Waals surface area contributed by atoms with E-state index in [1.54, 1.807) is 30.4 Å². The van der Waals surface area contributed by atoms with Crippen molar-refractivity contribution in [2.75, 3.05) is 26.4 Å². The quantitative estimate of drug-likeness (QED) is 0.0129. The Morgan fingerprint density at radius 3 is 1.77 bits per heavy atom. The molecule has 0 aliphatic heterocycles. The first-order valence-electron chi connectivity index (χ1n) is 23.0. The maximum Gasteiger partial charge on any atom is 0.472 e. The van der Waals surface area contributed by atoms with E-state index in [0.29, 0.717) is 32.1 Å². The summed E-state index contributed by atoms with van der Waals surface area (Å²) >= 11 is 0. The molecule has 0 saturated carbocycles. The van der Waals surface area contributed by atoms with E-state index in [1.807, 2.05) is 49.5 Å². The van der Waals surface area contributed by atoms with Gasteiger partial charge in [-0.2, -0.15) is 0 Å². The van der Waals surface area contributed by atoms with Gasteiger partial charge in [0.05, 0.1) is 32.0 Å². The lowest BCUT2D eigenvalue weighted by Crippen LogP contribution is -2.29. The highest BCUT2D eigenvalue weighted by molar-refractivity contribution is 7.47. The number of rotatable bonds is 41. The van der Waals surface area contributed by atoms with Gasteiger partial charge in [-0.15, -0.1) is 0 Å². The lowest BCUT2D eigenvalue weighted by molar-refractivity contribution is -0.161. The van der Waals surface area contributed by atoms with E-state index in [-0.39, 0.29) is 12.8 Å². The van der Waals surface area contributed by atoms with Crippen LogP contribution in [0.15, 0.2) is 72.9 Å². The second-order valence-corrected chi connectivity index (χ2v) is 17.4. The highest BCUT2D eigenvalue weighted by Gasteiger charge is 2.27. The second kappa shape index (κ2) is 41.3. The van der Waals surface area contributed by atoms with Crippen LogP contribution in [-0.2, 0) is 32.7 Å². The van der Waals surface area contributed by atoms with Crippen molar-refractivity contribution in [1.29, 1.82) is 0 Å². The molecule has 0 radical (unpaired) electrons. The number of esters is 2. The van der Waals surface area contributed by atoms with Crippen LogP contribution in [-0.4, -0.2) is 88.1 Å². The summed E-state index contributed by atoms with van der Waals surface area (Å²) in [5.41, 5.74) is 0. The van der Waals surface area contributed by atoms with Crippen LogP contribution in [0, 0.1) is 5.92 Å². The van der Waals surface area contributed by atoms with E-state index in [2.05, 4.69) is 18.4 Å². The largest absolute Gasteiger partial charge is 0.472 e. The van der Waals surface area contributed by atoms with Crippen LogP contribution in [0.3, 0.4) is 0 Å². The van der Waals surface area contributed by atoms with E-state index in [9.17, 15) is 34.4 Å². The maximum atomic E-state index is 12.6. The molecule has 352 valence electrons. The Hall–Kier alpha value is -2.67. The number of hydrogen-bond acceptors (Lipinski definition) is 11. The van der Waals surface area contributed by atoms with Crippen molar-refractivity contribution < 1.29 is 58.0 Å². The molecule has 0 bridgehead atoms. The third-order valence-corrected chi connectivity index (χ3v) is 10.4. The van der Waals surface area contributed by atoms with Gasteiger partial charge in [-0.3, -0.25) is 18.6 Å². The van der Waals surface area contributed by atoms with Crippen molar-refractivity contribution in [3.63, 3.8) is 0 Å². The van der Waals surface area contributed by atoms with Crippen LogP contribution in [0.1, 0.15) is 162 Å². The molecule has 1 unspecified atom stereocenters. The highest BCUT2D eigenvalue weighted by Crippen LogP contribution is 2.43. The minimum absolute atomic E-state index is 0.0530. The fraction of sp³-hybridized carbons (Fsp3) is 0.708. The minimum Gasteiger partial charge on any atom is -0.462 e. The Bertz CT molecular complexity index is 1290. The van der Waals surface area contributed by atoms with E-state index in [0.717, 1.165) is 31.6 Å². The molecule has 0 aliphatic carbocycles. The summed E-state index contributed by atoms with van der Waals surface area (Å²) < 4.78 is 32.6. The second-order valence-electron chi connectivity index (χ2n) is 15.9. The van der Waals surface area contributed by atoms with Crippen LogP contribution >= 0.6 is 7.82 Å². The molecule has 5 atom stereocenters. The fourth-order valence-corrected chi connectivity index (χ4v) is 6.71. The number of aliphatic hydroxyl groups excluding tert-OH is 4. The molecule has 0 amide bonds. The monoisotopic (exact) mass is 883 g/mol. The summed E-state index contributed by atoms with van der Waals surface area (Å²) in [6.45, 7) is 4.30. The first-order valence-corrected chi connectivity index (χ1v) is 24.5. The van der Waals surface area contributed by atoms with Crippen LogP contribution in [0.2, 0.25) is 0 Å². The standard InChI is InChI=1S/C48H83O12P/c1-4-5-24-32-43(50)33-26-20-16-14-17-21-27-34-44(51)35-28-23-30-36-47(53)57-40-46(41-59-61(55,56)58-39-45(52)38-49)60-48(54)37-29-22-18-13-11-9-7-6-8-10-12-15-19-25-31-42(2)3/h5,16-17,20-21,24,26-28,33-35,42-46,49-52H,4,6-15,18-19,22-23,25,29-32,36-41H2,1-3H3,(H,55,56)/b20-16-,21-17-,24-5-,33-26+,34-27+,35-28-/t43-,44-,45+,46-/m1/s1. The molecule has 13 heteroatoms. The normalized spacial score (nSPS) is 15.6. The van der Waals surface area contributed by atoms with Gasteiger partial charge in [0.25, 0.3) is 0 Å². The molecule has 0 aromatic carbocycles. The Morgan fingerprint density at radius 2 is 1.18 bits per heavy atom. The van der Waals surface area contributed by atoms with Crippen molar-refractivity contribution in [2.45, 2.75) is 186 Å². The van der Waals surface area contributed by atoms with E-state index in [1.165, 1.54) is 70.6 Å². The van der Waals surface area contributed by atoms with Crippen LogP contribution < -0.4 is 0 Å². The van der Waals surface area contributed by atoms with Crippen molar-refractivity contribution in [3.8, 4) is 0 Å². The lowest BCUT2D eigenvalue weighted by atomic mass is 10.0. The number of hydrogen-bond donors (Lipinski definition) is 5. The lowest BCUT2D eigenvalue weighted by Gasteiger charge is -2.20. The van der Waals surface area contributed by atoms with E-state index < -0.39 is 70.6 Å². The summed E-state index contributed by atoms with van der Waals surface area (Å²) in [5, 5.41) is 38.3. The number of phosphoric acid groups is 1. The molecule has 0 heterocycles. The van der Waals surface area contributed by atoms with Gasteiger partial charge < -0.3 is 34.8 Å². The summed E-state index contributed by atoms with van der Waals surface area (Å²) in [6, 6.07) is 0. The third-order valence-electron chi connectivity index (χ3n) is 9.48. The predicted octanol–water partition coefficient (Wildman–Crippen LogP) is 10.2. The van der Waals surface area contributed by atoms with Gasteiger partial charge in [0, 0.05) is 12.8 Å². The number of ether oxygens (including phenoxy) is 2. The molecule has 0 saturated heterocycles. The van der Waals surface area contributed by atoms with Gasteiger partial charge in [-0.05, 0) is 44.4 Å². The first kappa shape index (κ1) is 58.3. The summed E-state index contributed by atoms with van der Waals surface area (Å²) in [7, 11) is -4.67. The van der Waals surface area contributed by atoms with Crippen molar-refractivity contribution >= 4 is 19.8 Å². The molecule has 61 heavy (non-hydrogen) atoms. The van der Waals surface area contributed by atoms with Crippen LogP contribution in [0.5, 0.6) is 0 Å². The zero-order valence-corrected chi connectivity index (χ0v) is 38.6. The zero-order valence-electron chi connectivity index (χ0n) is 37.7. The molecule has 0 aromatic heterocycles. The Balaban J connectivity index is 4.50. The average molecular weight is 883 g/mol. The van der Waals surface area contributed by atoms with Gasteiger partial charge in [0.15, 0.2) is 6.10 Å². The molecule has 12 nitrogen and oxygen atoms in total. The van der Waals surface area contributed by atoms with Crippen LogP contribution in [0.4, 0.5) is 0 Å². The molecule has 5 N–H and O–H groups in total. The van der Waals surface area contributed by atoms with Crippen LogP contribution in [0.25, 0.3) is 0 Å². The number of carbonyl (C=O) groups is 2. The van der Waals surface area contributed by atoms with Gasteiger partial charge in [-0.25, -0.2) is 4.57 Å². The number of unbranched alkanes of at least 4 members (excludes halogenated alkanes) is 14. The van der Waals surface area contributed by atoms with Crippen molar-refractivity contribution in [2.24, 2.45) is 5.92 Å². The molecule has 0 spiro atoms. The number of phosphoric ester groups is 1. The number of allylic oxidation sites excluding steroid dienone is 8. The summed E-state index contributed by atoms with van der Waals surface area (Å²) in [6.07, 6.45) is 39.4. The van der Waals surface area contributed by atoms with Crippen molar-refractivity contribution in [3.05, 3.63) is 72.9 Å². The van der Waals surface area contributed by atoms with E-state index in [4.69, 9.17) is 19.1 Å². The topological polar surface area (TPSA) is 189 Å². The Labute approximate surface area is 368 Å². The molecule has 0 aromatic rings. The Kier molecular flexibility index (Phi) is 39.5. The zero-order chi connectivity index (χ0) is 45.2. The number of aliphatic hydroxyl groups is 4. The van der Waals surface area contributed by atoms with Gasteiger partial charge >= 0.3 is 19.8 Å². The average Bonchev–Trinajstić information content (AvgIpc) is 3.22. The third kappa shape index (κ3) is 42.4. The molecular formula is C48H83O12P.